The maximum Gasteiger partial charge on any atom is 0.324 e. The normalized spacial score (nSPS) is 14.4. The van der Waals surface area contributed by atoms with Gasteiger partial charge >= 0.3 is 5.97 Å². The molecule has 1 atom stereocenters. The number of nitrogens with zero attached hydrogens (tertiary/aromatic N) is 2. The third-order valence-corrected chi connectivity index (χ3v) is 7.04. The van der Waals surface area contributed by atoms with E-state index in [1.807, 2.05) is 26.1 Å². The Morgan fingerprint density at radius 2 is 1.97 bits per heavy atom. The lowest BCUT2D eigenvalue weighted by Gasteiger charge is -2.27. The van der Waals surface area contributed by atoms with E-state index in [2.05, 4.69) is 15.3 Å². The first-order valence-electron chi connectivity index (χ1n) is 10.4. The van der Waals surface area contributed by atoms with E-state index in [1.165, 1.54) is 7.05 Å². The maximum atomic E-state index is 13.2. The van der Waals surface area contributed by atoms with E-state index < -0.39 is 22.0 Å². The topological polar surface area (TPSA) is 104 Å². The van der Waals surface area contributed by atoms with Gasteiger partial charge < -0.3 is 15.0 Å². The number of carbonyl (C=O) groups is 1. The standard InChI is InChI=1S/C22H30N4O4S/c1-5-30-22(27)20(12-15(2)3)26(4)31(28,29)17-8-6-16(7-9-17)13-21-24-18-10-11-23-14-19(18)25-21/h6-11,15,20,23H,5,12-14H2,1-4H3,(H,24,25)/t20-/m0/s1. The van der Waals surface area contributed by atoms with Gasteiger partial charge in [-0.3, -0.25) is 4.79 Å². The molecule has 8 nitrogen and oxygen atoms in total. The average Bonchev–Trinajstić information content (AvgIpc) is 3.14. The van der Waals surface area contributed by atoms with E-state index in [4.69, 9.17) is 4.74 Å². The molecule has 9 heteroatoms. The Balaban J connectivity index is 1.76. The van der Waals surface area contributed by atoms with Crippen LogP contribution in [0.5, 0.6) is 0 Å². The number of aromatic nitrogens is 2. The van der Waals surface area contributed by atoms with Crippen LogP contribution in [0.2, 0.25) is 0 Å². The zero-order chi connectivity index (χ0) is 22.6. The number of imidazole rings is 1. The maximum absolute atomic E-state index is 13.2. The summed E-state index contributed by atoms with van der Waals surface area (Å²) in [6, 6.07) is 5.84. The number of aromatic amines is 1. The lowest BCUT2D eigenvalue weighted by molar-refractivity contribution is -0.147. The SMILES string of the molecule is CCOC(=O)[C@H](CC(C)C)N(C)S(=O)(=O)c1ccc(Cc2nc3c([nH]2)C=CNC3)cc1. The van der Waals surface area contributed by atoms with Crippen molar-refractivity contribution in [2.45, 2.75) is 51.1 Å². The van der Waals surface area contributed by atoms with Gasteiger partial charge in [0.05, 0.1) is 29.4 Å². The molecule has 1 aromatic carbocycles. The first-order chi connectivity index (χ1) is 14.7. The highest BCUT2D eigenvalue weighted by atomic mass is 32.2. The molecule has 0 aliphatic carbocycles. The first-order valence-corrected chi connectivity index (χ1v) is 11.9. The lowest BCUT2D eigenvalue weighted by Crippen LogP contribution is -2.44. The number of sulfonamides is 1. The van der Waals surface area contributed by atoms with E-state index >= 15 is 0 Å². The Labute approximate surface area is 183 Å². The third kappa shape index (κ3) is 5.34. The number of nitrogens with one attached hydrogen (secondary N) is 2. The molecule has 168 valence electrons. The lowest BCUT2D eigenvalue weighted by atomic mass is 10.0. The van der Waals surface area contributed by atoms with Crippen molar-refractivity contribution >= 4 is 22.1 Å². The molecule has 1 aromatic heterocycles. The number of benzene rings is 1. The number of likely N-dealkylation sites (N-methyl/N-ethyl adjacent to an activating group) is 1. The third-order valence-electron chi connectivity index (χ3n) is 5.16. The van der Waals surface area contributed by atoms with Crippen LogP contribution in [-0.2, 0) is 32.5 Å². The van der Waals surface area contributed by atoms with Crippen LogP contribution in [0.3, 0.4) is 0 Å². The molecule has 0 saturated carbocycles. The quantitative estimate of drug-likeness (QED) is 0.574. The molecule has 0 fully saturated rings. The van der Waals surface area contributed by atoms with Gasteiger partial charge in [-0.25, -0.2) is 13.4 Å². The molecule has 2 N–H and O–H groups in total. The Hall–Kier alpha value is -2.65. The van der Waals surface area contributed by atoms with Crippen LogP contribution >= 0.6 is 0 Å². The minimum absolute atomic E-state index is 0.138. The van der Waals surface area contributed by atoms with Crippen molar-refractivity contribution in [2.75, 3.05) is 13.7 Å². The van der Waals surface area contributed by atoms with Gasteiger partial charge in [-0.05, 0) is 49.2 Å². The molecule has 0 amide bonds. The summed E-state index contributed by atoms with van der Waals surface area (Å²) in [5, 5.41) is 3.12. The van der Waals surface area contributed by atoms with Crippen molar-refractivity contribution in [1.29, 1.82) is 0 Å². The minimum atomic E-state index is -3.85. The van der Waals surface area contributed by atoms with Gasteiger partial charge in [-0.15, -0.1) is 0 Å². The summed E-state index contributed by atoms with van der Waals surface area (Å²) in [6.07, 6.45) is 4.77. The molecule has 0 spiro atoms. The average molecular weight is 447 g/mol. The fraction of sp³-hybridized carbons (Fsp3) is 0.455. The van der Waals surface area contributed by atoms with Crippen LogP contribution in [0.25, 0.3) is 6.08 Å². The number of H-pyrrole nitrogens is 1. The molecule has 31 heavy (non-hydrogen) atoms. The van der Waals surface area contributed by atoms with Crippen molar-refractivity contribution in [1.82, 2.24) is 19.6 Å². The van der Waals surface area contributed by atoms with Crippen LogP contribution in [0.1, 0.15) is 50.0 Å². The molecule has 2 heterocycles. The van der Waals surface area contributed by atoms with Crippen molar-refractivity contribution in [3.63, 3.8) is 0 Å². The Morgan fingerprint density at radius 1 is 1.26 bits per heavy atom. The van der Waals surface area contributed by atoms with Gasteiger partial charge in [0, 0.05) is 13.5 Å². The van der Waals surface area contributed by atoms with Gasteiger partial charge in [0.25, 0.3) is 0 Å². The Kier molecular flexibility index (Phi) is 7.17. The molecule has 0 radical (unpaired) electrons. The zero-order valence-corrected chi connectivity index (χ0v) is 19.2. The minimum Gasteiger partial charge on any atom is -0.465 e. The van der Waals surface area contributed by atoms with Gasteiger partial charge in [0.1, 0.15) is 11.9 Å². The number of esters is 1. The number of fused-ring (bicyclic) bond motifs is 1. The highest BCUT2D eigenvalue weighted by Gasteiger charge is 2.34. The van der Waals surface area contributed by atoms with Crippen LogP contribution in [0.4, 0.5) is 0 Å². The fourth-order valence-corrected chi connectivity index (χ4v) is 4.84. The summed E-state index contributed by atoms with van der Waals surface area (Å²) in [4.78, 5) is 20.4. The predicted molar refractivity (Wildman–Crippen MR) is 119 cm³/mol. The molecule has 1 aliphatic heterocycles. The largest absolute Gasteiger partial charge is 0.465 e. The molecule has 0 saturated heterocycles. The van der Waals surface area contributed by atoms with Crippen LogP contribution < -0.4 is 5.32 Å². The first kappa shape index (κ1) is 23.0. The van der Waals surface area contributed by atoms with E-state index in [9.17, 15) is 13.2 Å². The summed E-state index contributed by atoms with van der Waals surface area (Å²) < 4.78 is 32.5. The molecular weight excluding hydrogens is 416 g/mol. The molecule has 2 aromatic rings. The second kappa shape index (κ2) is 9.65. The van der Waals surface area contributed by atoms with Crippen molar-refractivity contribution < 1.29 is 17.9 Å². The summed E-state index contributed by atoms with van der Waals surface area (Å²) in [7, 11) is -2.41. The number of ether oxygens (including phenoxy) is 1. The van der Waals surface area contributed by atoms with Crippen molar-refractivity contribution in [3.05, 3.63) is 53.2 Å². The highest BCUT2D eigenvalue weighted by molar-refractivity contribution is 7.89. The van der Waals surface area contributed by atoms with Gasteiger partial charge in [0.2, 0.25) is 10.0 Å². The summed E-state index contributed by atoms with van der Waals surface area (Å²) in [6.45, 7) is 6.49. The summed E-state index contributed by atoms with van der Waals surface area (Å²) in [5.41, 5.74) is 2.90. The van der Waals surface area contributed by atoms with Crippen LogP contribution in [-0.4, -0.2) is 48.4 Å². The predicted octanol–water partition coefficient (Wildman–Crippen LogP) is 2.67. The molecular formula is C22H30N4O4S. The molecule has 0 bridgehead atoms. The number of hydrogen-bond acceptors (Lipinski definition) is 6. The second-order valence-corrected chi connectivity index (χ2v) is 9.99. The van der Waals surface area contributed by atoms with E-state index in [0.29, 0.717) is 19.4 Å². The number of hydrogen-bond donors (Lipinski definition) is 2. The molecule has 0 unspecified atom stereocenters. The van der Waals surface area contributed by atoms with E-state index in [0.717, 1.165) is 27.1 Å². The monoisotopic (exact) mass is 446 g/mol. The highest BCUT2D eigenvalue weighted by Crippen LogP contribution is 2.22. The smallest absolute Gasteiger partial charge is 0.324 e. The summed E-state index contributed by atoms with van der Waals surface area (Å²) >= 11 is 0. The number of rotatable bonds is 9. The Morgan fingerprint density at radius 3 is 2.58 bits per heavy atom. The Bertz CT molecular complexity index is 1040. The molecule has 1 aliphatic rings. The van der Waals surface area contributed by atoms with Crippen molar-refractivity contribution in [3.8, 4) is 0 Å². The summed E-state index contributed by atoms with van der Waals surface area (Å²) in [5.74, 6) is 0.438. The van der Waals surface area contributed by atoms with E-state index in [1.54, 1.807) is 31.2 Å². The van der Waals surface area contributed by atoms with Gasteiger partial charge in [0.15, 0.2) is 0 Å². The van der Waals surface area contributed by atoms with E-state index in [-0.39, 0.29) is 17.4 Å². The zero-order valence-electron chi connectivity index (χ0n) is 18.4. The second-order valence-electron chi connectivity index (χ2n) is 8.00. The molecule has 3 rings (SSSR count). The van der Waals surface area contributed by atoms with Crippen LogP contribution in [0, 0.1) is 5.92 Å². The number of carbonyl (C=O) groups excluding carboxylic acids is 1. The van der Waals surface area contributed by atoms with Gasteiger partial charge in [-0.1, -0.05) is 26.0 Å². The van der Waals surface area contributed by atoms with Crippen LogP contribution in [0.15, 0.2) is 35.4 Å². The van der Waals surface area contributed by atoms with Crippen molar-refractivity contribution in [2.24, 2.45) is 5.92 Å². The van der Waals surface area contributed by atoms with Gasteiger partial charge in [-0.2, -0.15) is 4.31 Å². The fourth-order valence-electron chi connectivity index (χ4n) is 3.52.